The van der Waals surface area contributed by atoms with Gasteiger partial charge in [0.05, 0.1) is 12.2 Å². The minimum atomic E-state index is 0.222. The van der Waals surface area contributed by atoms with Crippen LogP contribution in [0.5, 0.6) is 0 Å². The van der Waals surface area contributed by atoms with E-state index in [1.807, 2.05) is 12.3 Å². The highest BCUT2D eigenvalue weighted by Gasteiger charge is 2.28. The third-order valence-electron chi connectivity index (χ3n) is 4.02. The number of rotatable bonds is 4. The molecule has 94 valence electrons. The van der Waals surface area contributed by atoms with Crippen molar-refractivity contribution >= 4 is 0 Å². The van der Waals surface area contributed by atoms with Gasteiger partial charge in [0.25, 0.3) is 0 Å². The number of nitrogens with zero attached hydrogens (tertiary/aromatic N) is 2. The van der Waals surface area contributed by atoms with Crippen molar-refractivity contribution in [2.45, 2.75) is 45.1 Å². The van der Waals surface area contributed by atoms with E-state index in [1.165, 1.54) is 32.1 Å². The van der Waals surface area contributed by atoms with E-state index in [0.717, 1.165) is 11.5 Å². The Kier molecular flexibility index (Phi) is 4.45. The number of hydrogen-bond donors (Lipinski definition) is 2. The van der Waals surface area contributed by atoms with Gasteiger partial charge in [-0.25, -0.2) is 0 Å². The normalized spacial score (nSPS) is 26.7. The van der Waals surface area contributed by atoms with Crippen molar-refractivity contribution in [2.24, 2.45) is 17.7 Å². The molecule has 3 atom stereocenters. The van der Waals surface area contributed by atoms with Crippen LogP contribution in [0.25, 0.3) is 0 Å². The molecule has 0 radical (unpaired) electrons. The van der Waals surface area contributed by atoms with E-state index < -0.39 is 0 Å². The van der Waals surface area contributed by atoms with Crippen molar-refractivity contribution in [3.8, 4) is 0 Å². The highest BCUT2D eigenvalue weighted by atomic mass is 15.2. The monoisotopic (exact) mass is 234 g/mol. The first-order valence-electron chi connectivity index (χ1n) is 6.57. The second kappa shape index (κ2) is 6.07. The maximum atomic E-state index is 5.72. The van der Waals surface area contributed by atoms with Crippen LogP contribution in [0.15, 0.2) is 18.5 Å². The van der Waals surface area contributed by atoms with Crippen molar-refractivity contribution in [2.75, 3.05) is 0 Å². The SMILES string of the molecule is CCC1CCCC(C(NN)c2ccnnc2)C1. The Labute approximate surface area is 103 Å². The Morgan fingerprint density at radius 3 is 3.00 bits per heavy atom. The first-order chi connectivity index (χ1) is 8.35. The standard InChI is InChI=1S/C13H22N4/c1-2-10-4-3-5-11(8-10)13(17-14)12-6-7-15-16-9-12/h6-7,9-11,13,17H,2-5,8,14H2,1H3. The van der Waals surface area contributed by atoms with Crippen LogP contribution in [0.2, 0.25) is 0 Å². The lowest BCUT2D eigenvalue weighted by atomic mass is 9.75. The average molecular weight is 234 g/mol. The number of aromatic nitrogens is 2. The van der Waals surface area contributed by atoms with Gasteiger partial charge in [-0.2, -0.15) is 10.2 Å². The van der Waals surface area contributed by atoms with E-state index >= 15 is 0 Å². The Bertz CT molecular complexity index is 327. The summed E-state index contributed by atoms with van der Waals surface area (Å²) in [5.41, 5.74) is 4.12. The lowest BCUT2D eigenvalue weighted by Gasteiger charge is -2.34. The summed E-state index contributed by atoms with van der Waals surface area (Å²) in [6, 6.07) is 2.23. The molecule has 0 bridgehead atoms. The molecule has 1 saturated carbocycles. The van der Waals surface area contributed by atoms with E-state index in [9.17, 15) is 0 Å². The van der Waals surface area contributed by atoms with Crippen molar-refractivity contribution < 1.29 is 0 Å². The maximum Gasteiger partial charge on any atom is 0.0544 e. The lowest BCUT2D eigenvalue weighted by Crippen LogP contribution is -2.35. The quantitative estimate of drug-likeness (QED) is 0.619. The molecule has 1 fully saturated rings. The van der Waals surface area contributed by atoms with Gasteiger partial charge in [0.2, 0.25) is 0 Å². The van der Waals surface area contributed by atoms with Crippen molar-refractivity contribution in [3.05, 3.63) is 24.0 Å². The van der Waals surface area contributed by atoms with E-state index in [4.69, 9.17) is 5.84 Å². The Morgan fingerprint density at radius 1 is 1.47 bits per heavy atom. The fourth-order valence-electron chi connectivity index (χ4n) is 3.00. The van der Waals surface area contributed by atoms with Crippen molar-refractivity contribution in [1.29, 1.82) is 0 Å². The van der Waals surface area contributed by atoms with Crippen LogP contribution in [-0.4, -0.2) is 10.2 Å². The molecule has 0 amide bonds. The molecule has 0 aliphatic heterocycles. The van der Waals surface area contributed by atoms with E-state index in [2.05, 4.69) is 22.5 Å². The Morgan fingerprint density at radius 2 is 2.35 bits per heavy atom. The second-order valence-electron chi connectivity index (χ2n) is 5.02. The third kappa shape index (κ3) is 3.01. The number of nitrogens with one attached hydrogen (secondary N) is 1. The van der Waals surface area contributed by atoms with Gasteiger partial charge >= 0.3 is 0 Å². The van der Waals surface area contributed by atoms with Gasteiger partial charge in [-0.1, -0.05) is 26.2 Å². The predicted molar refractivity (Wildman–Crippen MR) is 67.8 cm³/mol. The molecular weight excluding hydrogens is 212 g/mol. The molecule has 4 nitrogen and oxygen atoms in total. The third-order valence-corrected chi connectivity index (χ3v) is 4.02. The molecule has 1 aliphatic rings. The Balaban J connectivity index is 2.08. The molecule has 0 aromatic carbocycles. The molecule has 3 unspecified atom stereocenters. The fourth-order valence-corrected chi connectivity index (χ4v) is 3.00. The summed E-state index contributed by atoms with van der Waals surface area (Å²) >= 11 is 0. The molecule has 17 heavy (non-hydrogen) atoms. The van der Waals surface area contributed by atoms with Crippen LogP contribution in [0.3, 0.4) is 0 Å². The van der Waals surface area contributed by atoms with Crippen LogP contribution in [0.1, 0.15) is 50.6 Å². The summed E-state index contributed by atoms with van der Waals surface area (Å²) in [7, 11) is 0. The molecule has 4 heteroatoms. The highest BCUT2D eigenvalue weighted by Crippen LogP contribution is 2.37. The number of hydrogen-bond acceptors (Lipinski definition) is 4. The van der Waals surface area contributed by atoms with Crippen LogP contribution in [0, 0.1) is 11.8 Å². The number of hydrazine groups is 1. The van der Waals surface area contributed by atoms with Crippen LogP contribution in [-0.2, 0) is 0 Å². The van der Waals surface area contributed by atoms with Gasteiger partial charge in [-0.15, -0.1) is 0 Å². The first-order valence-corrected chi connectivity index (χ1v) is 6.57. The molecule has 1 aromatic rings. The van der Waals surface area contributed by atoms with E-state index in [-0.39, 0.29) is 6.04 Å². The van der Waals surface area contributed by atoms with E-state index in [0.29, 0.717) is 5.92 Å². The molecule has 1 aliphatic carbocycles. The smallest absolute Gasteiger partial charge is 0.0544 e. The first kappa shape index (κ1) is 12.5. The largest absolute Gasteiger partial charge is 0.271 e. The lowest BCUT2D eigenvalue weighted by molar-refractivity contribution is 0.209. The molecule has 3 N–H and O–H groups in total. The molecule has 1 heterocycles. The molecular formula is C13H22N4. The molecule has 1 aromatic heterocycles. The summed E-state index contributed by atoms with van der Waals surface area (Å²) in [6.45, 7) is 2.28. The molecule has 0 saturated heterocycles. The van der Waals surface area contributed by atoms with Crippen LogP contribution in [0.4, 0.5) is 0 Å². The summed E-state index contributed by atoms with van der Waals surface area (Å²) in [5, 5.41) is 7.76. The topological polar surface area (TPSA) is 63.8 Å². The number of nitrogens with two attached hydrogens (primary N) is 1. The average Bonchev–Trinajstić information content (AvgIpc) is 2.41. The fraction of sp³-hybridized carbons (Fsp3) is 0.692. The minimum absolute atomic E-state index is 0.222. The van der Waals surface area contributed by atoms with E-state index in [1.54, 1.807) is 6.20 Å². The van der Waals surface area contributed by atoms with Crippen LogP contribution >= 0.6 is 0 Å². The predicted octanol–water partition coefficient (Wildman–Crippen LogP) is 2.20. The van der Waals surface area contributed by atoms with Crippen molar-refractivity contribution in [1.82, 2.24) is 15.6 Å². The van der Waals surface area contributed by atoms with Gasteiger partial charge in [0.15, 0.2) is 0 Å². The van der Waals surface area contributed by atoms with Gasteiger partial charge in [-0.3, -0.25) is 11.3 Å². The van der Waals surface area contributed by atoms with Gasteiger partial charge in [0, 0.05) is 6.20 Å². The Hall–Kier alpha value is -1.00. The van der Waals surface area contributed by atoms with Gasteiger partial charge in [0.1, 0.15) is 0 Å². The van der Waals surface area contributed by atoms with Crippen molar-refractivity contribution in [3.63, 3.8) is 0 Å². The zero-order valence-electron chi connectivity index (χ0n) is 10.5. The van der Waals surface area contributed by atoms with Crippen LogP contribution < -0.4 is 11.3 Å². The second-order valence-corrected chi connectivity index (χ2v) is 5.02. The summed E-state index contributed by atoms with van der Waals surface area (Å²) in [5.74, 6) is 7.21. The zero-order valence-corrected chi connectivity index (χ0v) is 10.5. The van der Waals surface area contributed by atoms with Gasteiger partial charge < -0.3 is 0 Å². The maximum absolute atomic E-state index is 5.72. The minimum Gasteiger partial charge on any atom is -0.271 e. The summed E-state index contributed by atoms with van der Waals surface area (Å²) in [6.07, 6.45) is 10.1. The molecule has 2 rings (SSSR count). The summed E-state index contributed by atoms with van der Waals surface area (Å²) in [4.78, 5) is 0. The molecule has 0 spiro atoms. The van der Waals surface area contributed by atoms with Gasteiger partial charge in [-0.05, 0) is 36.3 Å². The summed E-state index contributed by atoms with van der Waals surface area (Å²) < 4.78 is 0. The highest BCUT2D eigenvalue weighted by molar-refractivity contribution is 5.12. The zero-order chi connectivity index (χ0) is 12.1.